The minimum absolute atomic E-state index is 0.0724. The summed E-state index contributed by atoms with van der Waals surface area (Å²) in [4.78, 5) is 25.9. The van der Waals surface area contributed by atoms with Crippen molar-refractivity contribution in [2.45, 2.75) is 13.3 Å². The van der Waals surface area contributed by atoms with E-state index in [1.807, 2.05) is 12.1 Å². The lowest BCUT2D eigenvalue weighted by Crippen LogP contribution is -2.48. The molecule has 8 heteroatoms. The molecule has 1 aliphatic heterocycles. The first-order chi connectivity index (χ1) is 16.6. The molecule has 1 aliphatic rings. The van der Waals surface area contributed by atoms with Gasteiger partial charge in [0.1, 0.15) is 18.0 Å². The molecule has 1 saturated heterocycles. The highest BCUT2D eigenvalue weighted by Gasteiger charge is 2.16. The summed E-state index contributed by atoms with van der Waals surface area (Å²) >= 11 is 0. The minimum atomic E-state index is -0.287. The van der Waals surface area contributed by atoms with E-state index in [1.54, 1.807) is 30.3 Å². The number of halogens is 1. The molecule has 4 rings (SSSR count). The van der Waals surface area contributed by atoms with Crippen molar-refractivity contribution in [2.24, 2.45) is 0 Å². The van der Waals surface area contributed by atoms with Crippen LogP contribution < -0.4 is 10.6 Å². The third-order valence-corrected chi connectivity index (χ3v) is 5.94. The predicted octanol–water partition coefficient (Wildman–Crippen LogP) is 3.78. The van der Waals surface area contributed by atoms with Crippen molar-refractivity contribution in [1.82, 2.24) is 25.1 Å². The van der Waals surface area contributed by atoms with E-state index >= 15 is 0 Å². The average molecular weight is 463 g/mol. The van der Waals surface area contributed by atoms with E-state index in [-0.39, 0.29) is 11.7 Å². The topological polar surface area (TPSA) is 73.4 Å². The maximum absolute atomic E-state index is 13.2. The molecule has 0 aliphatic carbocycles. The van der Waals surface area contributed by atoms with Crippen molar-refractivity contribution in [3.05, 3.63) is 72.3 Å². The standard InChI is InChI=1S/C26H31FN6O/c1-2-12-32-14-16-33(17-15-32)13-11-28-26(34)21-5-9-23(10-6-21)31-25-18-24(29-19-30-25)20-3-7-22(27)8-4-20/h3-10,18-19H,2,11-17H2,1H3,(H,28,34)(H,29,30,31). The van der Waals surface area contributed by atoms with Gasteiger partial charge in [0.2, 0.25) is 0 Å². The molecule has 7 nitrogen and oxygen atoms in total. The second-order valence-electron chi connectivity index (χ2n) is 8.44. The normalized spacial score (nSPS) is 14.6. The van der Waals surface area contributed by atoms with Gasteiger partial charge in [0.05, 0.1) is 5.69 Å². The first-order valence-corrected chi connectivity index (χ1v) is 11.8. The van der Waals surface area contributed by atoms with Gasteiger partial charge in [-0.25, -0.2) is 14.4 Å². The third-order valence-electron chi connectivity index (χ3n) is 5.94. The Kier molecular flexibility index (Phi) is 8.17. The number of carbonyl (C=O) groups excluding carboxylic acids is 1. The molecule has 0 spiro atoms. The van der Waals surface area contributed by atoms with Crippen LogP contribution in [0.15, 0.2) is 60.9 Å². The summed E-state index contributed by atoms with van der Waals surface area (Å²) in [6.07, 6.45) is 2.66. The van der Waals surface area contributed by atoms with E-state index in [1.165, 1.54) is 31.4 Å². The van der Waals surface area contributed by atoms with Crippen LogP contribution in [0.1, 0.15) is 23.7 Å². The zero-order chi connectivity index (χ0) is 23.8. The Hall–Kier alpha value is -3.36. The van der Waals surface area contributed by atoms with Gasteiger partial charge in [-0.2, -0.15) is 0 Å². The molecule has 0 bridgehead atoms. The van der Waals surface area contributed by atoms with Gasteiger partial charge >= 0.3 is 0 Å². The molecule has 1 aromatic heterocycles. The summed E-state index contributed by atoms with van der Waals surface area (Å²) in [5.41, 5.74) is 2.93. The number of rotatable bonds is 9. The molecular formula is C26H31FN6O. The molecule has 2 N–H and O–H groups in total. The Morgan fingerprint density at radius 2 is 1.62 bits per heavy atom. The van der Waals surface area contributed by atoms with Crippen LogP contribution >= 0.6 is 0 Å². The molecule has 0 atom stereocenters. The quantitative estimate of drug-likeness (QED) is 0.504. The van der Waals surface area contributed by atoms with Gasteiger partial charge in [0, 0.05) is 62.1 Å². The number of aromatic nitrogens is 2. The van der Waals surface area contributed by atoms with Crippen LogP contribution in [0.4, 0.5) is 15.9 Å². The van der Waals surface area contributed by atoms with Crippen molar-refractivity contribution in [3.8, 4) is 11.3 Å². The number of hydrogen-bond donors (Lipinski definition) is 2. The number of carbonyl (C=O) groups is 1. The van der Waals surface area contributed by atoms with E-state index in [0.717, 1.165) is 44.0 Å². The van der Waals surface area contributed by atoms with Crippen molar-refractivity contribution in [2.75, 3.05) is 51.1 Å². The summed E-state index contributed by atoms with van der Waals surface area (Å²) in [5.74, 6) is 0.257. The number of hydrogen-bond acceptors (Lipinski definition) is 6. The molecule has 34 heavy (non-hydrogen) atoms. The third kappa shape index (κ3) is 6.59. The molecule has 1 fully saturated rings. The molecule has 178 valence electrons. The van der Waals surface area contributed by atoms with Crippen LogP contribution in [0.3, 0.4) is 0 Å². The smallest absolute Gasteiger partial charge is 0.251 e. The molecule has 3 aromatic rings. The van der Waals surface area contributed by atoms with Crippen LogP contribution in [0.2, 0.25) is 0 Å². The van der Waals surface area contributed by atoms with E-state index in [2.05, 4.69) is 37.3 Å². The van der Waals surface area contributed by atoms with Gasteiger partial charge < -0.3 is 15.5 Å². The van der Waals surface area contributed by atoms with Gasteiger partial charge in [0.25, 0.3) is 5.91 Å². The van der Waals surface area contributed by atoms with E-state index in [9.17, 15) is 9.18 Å². The zero-order valence-electron chi connectivity index (χ0n) is 19.5. The van der Waals surface area contributed by atoms with Crippen LogP contribution in [-0.4, -0.2) is 71.5 Å². The zero-order valence-corrected chi connectivity index (χ0v) is 19.5. The van der Waals surface area contributed by atoms with E-state index < -0.39 is 0 Å². The number of nitrogens with zero attached hydrogens (tertiary/aromatic N) is 4. The predicted molar refractivity (Wildman–Crippen MR) is 133 cm³/mol. The van der Waals surface area contributed by atoms with Gasteiger partial charge in [0.15, 0.2) is 0 Å². The summed E-state index contributed by atoms with van der Waals surface area (Å²) in [7, 11) is 0. The van der Waals surface area contributed by atoms with Crippen molar-refractivity contribution >= 4 is 17.4 Å². The second-order valence-corrected chi connectivity index (χ2v) is 8.44. The number of amides is 1. The fraction of sp³-hybridized carbons (Fsp3) is 0.346. The minimum Gasteiger partial charge on any atom is -0.351 e. The van der Waals surface area contributed by atoms with Crippen LogP contribution in [0.5, 0.6) is 0 Å². The van der Waals surface area contributed by atoms with Crippen LogP contribution in [-0.2, 0) is 0 Å². The van der Waals surface area contributed by atoms with Gasteiger partial charge in [-0.1, -0.05) is 6.92 Å². The van der Waals surface area contributed by atoms with E-state index in [4.69, 9.17) is 0 Å². The first-order valence-electron chi connectivity index (χ1n) is 11.8. The fourth-order valence-electron chi connectivity index (χ4n) is 4.04. The molecule has 0 radical (unpaired) electrons. The van der Waals surface area contributed by atoms with Gasteiger partial charge in [-0.05, 0) is 61.5 Å². The average Bonchev–Trinajstić information content (AvgIpc) is 2.86. The SMILES string of the molecule is CCCN1CCN(CCNC(=O)c2ccc(Nc3cc(-c4ccc(F)cc4)ncn3)cc2)CC1. The first kappa shape index (κ1) is 23.8. The van der Waals surface area contributed by atoms with Crippen LogP contribution in [0.25, 0.3) is 11.3 Å². The molecule has 1 amide bonds. The Morgan fingerprint density at radius 1 is 0.941 bits per heavy atom. The number of nitrogens with one attached hydrogen (secondary N) is 2. The molecule has 0 unspecified atom stereocenters. The lowest BCUT2D eigenvalue weighted by Gasteiger charge is -2.34. The molecular weight excluding hydrogens is 431 g/mol. The van der Waals surface area contributed by atoms with E-state index in [0.29, 0.717) is 23.6 Å². The summed E-state index contributed by atoms with van der Waals surface area (Å²) < 4.78 is 13.2. The Balaban J connectivity index is 1.26. The van der Waals surface area contributed by atoms with Crippen molar-refractivity contribution in [3.63, 3.8) is 0 Å². The van der Waals surface area contributed by atoms with Crippen LogP contribution in [0, 0.1) is 5.82 Å². The number of benzene rings is 2. The van der Waals surface area contributed by atoms with Gasteiger partial charge in [-0.15, -0.1) is 0 Å². The fourth-order valence-corrected chi connectivity index (χ4v) is 4.04. The van der Waals surface area contributed by atoms with Gasteiger partial charge in [-0.3, -0.25) is 9.69 Å². The molecule has 2 aromatic carbocycles. The maximum atomic E-state index is 13.2. The lowest BCUT2D eigenvalue weighted by molar-refractivity contribution is 0.0936. The highest BCUT2D eigenvalue weighted by molar-refractivity contribution is 5.94. The van der Waals surface area contributed by atoms with Crippen molar-refractivity contribution in [1.29, 1.82) is 0 Å². The highest BCUT2D eigenvalue weighted by atomic mass is 19.1. The Bertz CT molecular complexity index is 1070. The Labute approximate surface area is 200 Å². The number of piperazine rings is 1. The summed E-state index contributed by atoms with van der Waals surface area (Å²) in [6.45, 7) is 9.22. The maximum Gasteiger partial charge on any atom is 0.251 e. The second kappa shape index (κ2) is 11.7. The summed E-state index contributed by atoms with van der Waals surface area (Å²) in [6, 6.07) is 15.3. The highest BCUT2D eigenvalue weighted by Crippen LogP contribution is 2.21. The molecule has 0 saturated carbocycles. The molecule has 2 heterocycles. The Morgan fingerprint density at radius 3 is 2.29 bits per heavy atom. The lowest BCUT2D eigenvalue weighted by atomic mass is 10.1. The largest absolute Gasteiger partial charge is 0.351 e. The monoisotopic (exact) mass is 462 g/mol. The summed E-state index contributed by atoms with van der Waals surface area (Å²) in [5, 5.41) is 6.24. The van der Waals surface area contributed by atoms with Crippen molar-refractivity contribution < 1.29 is 9.18 Å². The number of anilines is 2.